The molecule has 36 heavy (non-hydrogen) atoms. The molecule has 0 aromatic heterocycles. The Hall–Kier alpha value is -0.140. The van der Waals surface area contributed by atoms with Crippen molar-refractivity contribution in [3.63, 3.8) is 0 Å². The second kappa shape index (κ2) is 13.8. The number of nitrogens with zero attached hydrogens (tertiary/aromatic N) is 4. The van der Waals surface area contributed by atoms with Crippen LogP contribution in [0.4, 0.5) is 0 Å². The molecule has 0 N–H and O–H groups in total. The van der Waals surface area contributed by atoms with Crippen LogP contribution in [0, 0.1) is 10.8 Å². The Morgan fingerprint density at radius 3 is 1.28 bits per heavy atom. The highest BCUT2D eigenvalue weighted by molar-refractivity contribution is 7.88. The minimum Gasteiger partial charge on any atom is -0.342 e. The van der Waals surface area contributed by atoms with E-state index in [1.807, 2.05) is 0 Å². The number of hydrogen-bond donors (Lipinski definition) is 0. The molecular weight excluding hydrogens is 569 g/mol. The van der Waals surface area contributed by atoms with Gasteiger partial charge >= 0.3 is 0 Å². The average Bonchev–Trinajstić information content (AvgIpc) is 3.23. The molecule has 0 amide bonds. The van der Waals surface area contributed by atoms with Gasteiger partial charge in [0.15, 0.2) is 10.2 Å². The summed E-state index contributed by atoms with van der Waals surface area (Å²) in [5.41, 5.74) is -0.137. The maximum atomic E-state index is 12.7. The van der Waals surface area contributed by atoms with Crippen LogP contribution < -0.4 is 0 Å². The lowest BCUT2D eigenvalue weighted by atomic mass is 9.90. The molecule has 0 radical (unpaired) electrons. The van der Waals surface area contributed by atoms with Crippen LogP contribution in [0.1, 0.15) is 54.4 Å². The fourth-order valence-corrected chi connectivity index (χ4v) is 9.10. The van der Waals surface area contributed by atoms with Crippen molar-refractivity contribution in [3.8, 4) is 0 Å². The molecule has 2 fully saturated rings. The number of thiocarbonyl (C=S) groups is 4. The van der Waals surface area contributed by atoms with Crippen LogP contribution in [0.2, 0.25) is 0 Å². The summed E-state index contributed by atoms with van der Waals surface area (Å²) in [6.07, 6.45) is 1.61. The van der Waals surface area contributed by atoms with Crippen LogP contribution in [0.15, 0.2) is 0 Å². The summed E-state index contributed by atoms with van der Waals surface area (Å²) in [5.74, 6) is 2.13. The average molecular weight is 611 g/mol. The van der Waals surface area contributed by atoms with Gasteiger partial charge in [-0.3, -0.25) is 8.42 Å². The summed E-state index contributed by atoms with van der Waals surface area (Å²) in [7, 11) is -1.99. The van der Waals surface area contributed by atoms with E-state index >= 15 is 0 Å². The molecule has 0 spiro atoms. The van der Waals surface area contributed by atoms with E-state index in [2.05, 4.69) is 61.1 Å². The first-order chi connectivity index (χ1) is 16.7. The van der Waals surface area contributed by atoms with E-state index in [9.17, 15) is 8.42 Å². The molecule has 2 saturated heterocycles. The Kier molecular flexibility index (Phi) is 12.3. The molecule has 6 nitrogen and oxygen atoms in total. The summed E-state index contributed by atoms with van der Waals surface area (Å²) in [5, 5.41) is 1.59. The van der Waals surface area contributed by atoms with Crippen LogP contribution in [-0.2, 0) is 21.6 Å². The summed E-state index contributed by atoms with van der Waals surface area (Å²) in [4.78, 5) is 10.0. The van der Waals surface area contributed by atoms with Crippen molar-refractivity contribution in [1.29, 1.82) is 0 Å². The quantitative estimate of drug-likeness (QED) is 0.256. The number of rotatable bonds is 15. The second-order valence-corrected chi connectivity index (χ2v) is 16.1. The van der Waals surface area contributed by atoms with E-state index in [1.165, 1.54) is 0 Å². The van der Waals surface area contributed by atoms with Gasteiger partial charge in [0, 0.05) is 70.8 Å². The van der Waals surface area contributed by atoms with Gasteiger partial charge in [-0.1, -0.05) is 52.1 Å². The molecule has 2 aliphatic heterocycles. The molecule has 0 saturated carbocycles. The second-order valence-electron chi connectivity index (χ2n) is 11.1. The van der Waals surface area contributed by atoms with Crippen molar-refractivity contribution in [3.05, 3.63) is 0 Å². The summed E-state index contributed by atoms with van der Waals surface area (Å²) >= 11 is 22.2. The van der Waals surface area contributed by atoms with E-state index in [1.54, 1.807) is 0 Å². The highest BCUT2D eigenvalue weighted by atomic mass is 32.2. The SMILES string of the molecule is CCN1CC(=S)N(CC(C)(C)CCS(=O)CCS(=O)CCC(C)(C)CN2C(=S)CN(CC)C2=S)C1=S. The fourth-order valence-electron chi connectivity index (χ4n) is 4.18. The molecular formula is C24H42N4O2S6. The molecule has 0 bridgehead atoms. The largest absolute Gasteiger partial charge is 0.342 e. The van der Waals surface area contributed by atoms with E-state index in [0.29, 0.717) is 36.1 Å². The van der Waals surface area contributed by atoms with Crippen molar-refractivity contribution in [2.24, 2.45) is 10.8 Å². The Morgan fingerprint density at radius 2 is 1.00 bits per heavy atom. The lowest BCUT2D eigenvalue weighted by Gasteiger charge is -2.31. The van der Waals surface area contributed by atoms with Crippen molar-refractivity contribution in [2.45, 2.75) is 54.4 Å². The van der Waals surface area contributed by atoms with Gasteiger partial charge in [-0.05, 0) is 62.0 Å². The van der Waals surface area contributed by atoms with Gasteiger partial charge in [0.2, 0.25) is 0 Å². The van der Waals surface area contributed by atoms with Gasteiger partial charge in [-0.15, -0.1) is 0 Å². The highest BCUT2D eigenvalue weighted by Gasteiger charge is 2.34. The Bertz CT molecular complexity index is 835. The van der Waals surface area contributed by atoms with E-state index in [4.69, 9.17) is 48.9 Å². The monoisotopic (exact) mass is 610 g/mol. The summed E-state index contributed by atoms with van der Waals surface area (Å²) < 4.78 is 25.4. The summed E-state index contributed by atoms with van der Waals surface area (Å²) in [6, 6.07) is 0. The molecule has 12 heteroatoms. The van der Waals surface area contributed by atoms with Crippen molar-refractivity contribution < 1.29 is 8.42 Å². The molecule has 0 aliphatic carbocycles. The fraction of sp³-hybridized carbons (Fsp3) is 0.833. The molecule has 2 atom stereocenters. The zero-order valence-electron chi connectivity index (χ0n) is 22.5. The predicted molar refractivity (Wildman–Crippen MR) is 171 cm³/mol. The molecule has 2 heterocycles. The van der Waals surface area contributed by atoms with Crippen molar-refractivity contribution in [2.75, 3.05) is 62.3 Å². The third-order valence-electron chi connectivity index (χ3n) is 6.74. The van der Waals surface area contributed by atoms with E-state index < -0.39 is 21.6 Å². The Labute approximate surface area is 244 Å². The standard InChI is InChI=1S/C24H42N4O2S6/c1-7-25-15-19(31)27(21(25)33)17-23(3,4)9-11-35(29)13-14-36(30)12-10-24(5,6)18-28-20(32)16-26(8-2)22(28)34/h7-18H2,1-6H3. The zero-order chi connectivity index (χ0) is 27.3. The van der Waals surface area contributed by atoms with Gasteiger partial charge in [0.05, 0.1) is 13.1 Å². The van der Waals surface area contributed by atoms with Gasteiger partial charge in [0.1, 0.15) is 9.98 Å². The molecule has 0 aromatic carbocycles. The Balaban J connectivity index is 1.72. The van der Waals surface area contributed by atoms with Crippen molar-refractivity contribution in [1.82, 2.24) is 19.6 Å². The third-order valence-corrected chi connectivity index (χ3v) is 11.3. The van der Waals surface area contributed by atoms with Crippen LogP contribution >= 0.6 is 48.9 Å². The normalized spacial score (nSPS) is 19.2. The number of likely N-dealkylation sites (N-methyl/N-ethyl adjacent to an activating group) is 2. The van der Waals surface area contributed by atoms with E-state index in [0.717, 1.165) is 59.2 Å². The van der Waals surface area contributed by atoms with Gasteiger partial charge in [-0.25, -0.2) is 0 Å². The van der Waals surface area contributed by atoms with Crippen LogP contribution in [-0.4, -0.2) is 110 Å². The van der Waals surface area contributed by atoms with Gasteiger partial charge in [0.25, 0.3) is 0 Å². The number of hydrogen-bond acceptors (Lipinski definition) is 6. The van der Waals surface area contributed by atoms with Crippen molar-refractivity contribution >= 4 is 90.7 Å². The first-order valence-corrected chi connectivity index (χ1v) is 17.2. The van der Waals surface area contributed by atoms with Crippen LogP contribution in [0.25, 0.3) is 0 Å². The lowest BCUT2D eigenvalue weighted by molar-refractivity contribution is 0.298. The first kappa shape index (κ1) is 32.1. The molecule has 2 rings (SSSR count). The maximum Gasteiger partial charge on any atom is 0.176 e. The topological polar surface area (TPSA) is 47.1 Å². The Morgan fingerprint density at radius 1 is 0.667 bits per heavy atom. The van der Waals surface area contributed by atoms with Crippen LogP contribution in [0.3, 0.4) is 0 Å². The van der Waals surface area contributed by atoms with Gasteiger partial charge < -0.3 is 19.6 Å². The first-order valence-electron chi connectivity index (χ1n) is 12.6. The summed E-state index contributed by atoms with van der Waals surface area (Å²) in [6.45, 7) is 17.4. The molecule has 0 aromatic rings. The molecule has 206 valence electrons. The highest BCUT2D eigenvalue weighted by Crippen LogP contribution is 2.27. The molecule has 2 aliphatic rings. The molecule has 2 unspecified atom stereocenters. The minimum absolute atomic E-state index is 0.0687. The predicted octanol–water partition coefficient (Wildman–Crippen LogP) is 3.82. The van der Waals surface area contributed by atoms with E-state index in [-0.39, 0.29) is 10.8 Å². The van der Waals surface area contributed by atoms with Gasteiger partial charge in [-0.2, -0.15) is 0 Å². The minimum atomic E-state index is -0.995. The van der Waals surface area contributed by atoms with Crippen LogP contribution in [0.5, 0.6) is 0 Å². The smallest absolute Gasteiger partial charge is 0.176 e. The lowest BCUT2D eigenvalue weighted by Crippen LogP contribution is -2.40. The maximum absolute atomic E-state index is 12.7. The zero-order valence-corrected chi connectivity index (χ0v) is 27.4. The third kappa shape index (κ3) is 9.25.